The summed E-state index contributed by atoms with van der Waals surface area (Å²) in [6.45, 7) is 0. The maximum absolute atomic E-state index is 13.8. The standard InChI is InChI=1S/C12H5Br2F2NO/c13-7-3-6(4-17-5-7)12(18)10-9(15)2-1-8(14)11(10)16/h1-5H. The second-order valence-corrected chi connectivity index (χ2v) is 5.21. The van der Waals surface area contributed by atoms with Crippen LogP contribution in [0.15, 0.2) is 39.5 Å². The first-order valence-electron chi connectivity index (χ1n) is 4.79. The van der Waals surface area contributed by atoms with E-state index >= 15 is 0 Å². The number of aromatic nitrogens is 1. The van der Waals surface area contributed by atoms with Crippen molar-refractivity contribution in [1.29, 1.82) is 0 Å². The van der Waals surface area contributed by atoms with Gasteiger partial charge in [-0.3, -0.25) is 9.78 Å². The van der Waals surface area contributed by atoms with Crippen molar-refractivity contribution in [2.24, 2.45) is 0 Å². The molecule has 92 valence electrons. The minimum absolute atomic E-state index is 0.0372. The largest absolute Gasteiger partial charge is 0.288 e. The zero-order chi connectivity index (χ0) is 13.3. The second kappa shape index (κ2) is 5.24. The first kappa shape index (κ1) is 13.3. The van der Waals surface area contributed by atoms with Crippen molar-refractivity contribution in [3.8, 4) is 0 Å². The lowest BCUT2D eigenvalue weighted by atomic mass is 10.0. The lowest BCUT2D eigenvalue weighted by Crippen LogP contribution is -2.08. The van der Waals surface area contributed by atoms with E-state index in [0.29, 0.717) is 4.47 Å². The summed E-state index contributed by atoms with van der Waals surface area (Å²) in [6.07, 6.45) is 2.73. The van der Waals surface area contributed by atoms with Crippen LogP contribution >= 0.6 is 31.9 Å². The fourth-order valence-electron chi connectivity index (χ4n) is 1.42. The van der Waals surface area contributed by atoms with Gasteiger partial charge in [-0.15, -0.1) is 0 Å². The Balaban J connectivity index is 2.56. The number of pyridine rings is 1. The van der Waals surface area contributed by atoms with Gasteiger partial charge >= 0.3 is 0 Å². The smallest absolute Gasteiger partial charge is 0.200 e. The molecule has 0 N–H and O–H groups in total. The van der Waals surface area contributed by atoms with Crippen molar-refractivity contribution in [3.63, 3.8) is 0 Å². The molecule has 0 fully saturated rings. The number of halogens is 4. The van der Waals surface area contributed by atoms with Gasteiger partial charge in [-0.2, -0.15) is 0 Å². The zero-order valence-corrected chi connectivity index (χ0v) is 11.9. The van der Waals surface area contributed by atoms with E-state index in [-0.39, 0.29) is 10.0 Å². The number of carbonyl (C=O) groups is 1. The quantitative estimate of drug-likeness (QED) is 0.583. The van der Waals surface area contributed by atoms with E-state index in [4.69, 9.17) is 0 Å². The average molecular weight is 377 g/mol. The third-order valence-corrected chi connectivity index (χ3v) is 3.28. The van der Waals surface area contributed by atoms with Crippen molar-refractivity contribution >= 4 is 37.6 Å². The van der Waals surface area contributed by atoms with Crippen molar-refractivity contribution in [2.45, 2.75) is 0 Å². The predicted molar refractivity (Wildman–Crippen MR) is 69.4 cm³/mol. The molecule has 0 saturated carbocycles. The summed E-state index contributed by atoms with van der Waals surface area (Å²) in [4.78, 5) is 15.8. The SMILES string of the molecule is O=C(c1cncc(Br)c1)c1c(F)ccc(Br)c1F. The molecule has 0 amide bonds. The van der Waals surface area contributed by atoms with Crippen LogP contribution < -0.4 is 0 Å². The normalized spacial score (nSPS) is 10.4. The van der Waals surface area contributed by atoms with Crippen LogP contribution in [0.25, 0.3) is 0 Å². The molecular weight excluding hydrogens is 372 g/mol. The van der Waals surface area contributed by atoms with E-state index in [1.807, 2.05) is 0 Å². The number of hydrogen-bond donors (Lipinski definition) is 0. The molecule has 0 unspecified atom stereocenters. The summed E-state index contributed by atoms with van der Waals surface area (Å²) in [7, 11) is 0. The highest BCUT2D eigenvalue weighted by Crippen LogP contribution is 2.24. The third-order valence-electron chi connectivity index (χ3n) is 2.24. The number of benzene rings is 1. The molecule has 0 atom stereocenters. The molecule has 18 heavy (non-hydrogen) atoms. The van der Waals surface area contributed by atoms with Gasteiger partial charge in [-0.05, 0) is 50.1 Å². The number of nitrogens with zero attached hydrogens (tertiary/aromatic N) is 1. The molecule has 2 aromatic rings. The van der Waals surface area contributed by atoms with Crippen molar-refractivity contribution in [1.82, 2.24) is 4.98 Å². The van der Waals surface area contributed by atoms with Gasteiger partial charge in [-0.1, -0.05) is 0 Å². The second-order valence-electron chi connectivity index (χ2n) is 3.44. The van der Waals surface area contributed by atoms with Gasteiger partial charge in [0.05, 0.1) is 10.0 Å². The Kier molecular flexibility index (Phi) is 3.87. The maximum Gasteiger partial charge on any atom is 0.200 e. The molecule has 0 aliphatic carbocycles. The van der Waals surface area contributed by atoms with Gasteiger partial charge in [0.2, 0.25) is 5.78 Å². The zero-order valence-electron chi connectivity index (χ0n) is 8.75. The van der Waals surface area contributed by atoms with Crippen LogP contribution in [0.3, 0.4) is 0 Å². The predicted octanol–water partition coefficient (Wildman–Crippen LogP) is 4.12. The molecule has 0 saturated heterocycles. The molecule has 0 aliphatic rings. The molecule has 1 aromatic carbocycles. The molecule has 0 spiro atoms. The van der Waals surface area contributed by atoms with Gasteiger partial charge in [0.25, 0.3) is 0 Å². The van der Waals surface area contributed by atoms with Gasteiger partial charge in [0.15, 0.2) is 5.82 Å². The molecule has 0 bridgehead atoms. The number of carbonyl (C=O) groups excluding carboxylic acids is 1. The molecule has 2 nitrogen and oxygen atoms in total. The van der Waals surface area contributed by atoms with Gasteiger partial charge in [0, 0.05) is 22.4 Å². The molecule has 2 rings (SSSR count). The monoisotopic (exact) mass is 375 g/mol. The van der Waals surface area contributed by atoms with E-state index in [2.05, 4.69) is 36.8 Å². The van der Waals surface area contributed by atoms with Crippen LogP contribution in [0.5, 0.6) is 0 Å². The van der Waals surface area contributed by atoms with Gasteiger partial charge < -0.3 is 0 Å². The van der Waals surface area contributed by atoms with E-state index < -0.39 is 23.0 Å². The van der Waals surface area contributed by atoms with Crippen molar-refractivity contribution in [2.75, 3.05) is 0 Å². The third kappa shape index (κ3) is 2.49. The molecule has 6 heteroatoms. The minimum Gasteiger partial charge on any atom is -0.288 e. The summed E-state index contributed by atoms with van der Waals surface area (Å²) in [5, 5.41) is 0. The summed E-state index contributed by atoms with van der Waals surface area (Å²) in [6, 6.07) is 3.70. The molecule has 0 radical (unpaired) electrons. The summed E-state index contributed by atoms with van der Waals surface area (Å²) < 4.78 is 27.9. The highest BCUT2D eigenvalue weighted by molar-refractivity contribution is 9.10. The molecule has 1 aromatic heterocycles. The topological polar surface area (TPSA) is 30.0 Å². The van der Waals surface area contributed by atoms with Crippen molar-refractivity contribution < 1.29 is 13.6 Å². The first-order chi connectivity index (χ1) is 8.50. The van der Waals surface area contributed by atoms with E-state index in [9.17, 15) is 13.6 Å². The number of ketones is 1. The Morgan fingerprint density at radius 2 is 1.89 bits per heavy atom. The lowest BCUT2D eigenvalue weighted by molar-refractivity contribution is 0.103. The Bertz CT molecular complexity index is 631. The summed E-state index contributed by atoms with van der Waals surface area (Å²) in [5.41, 5.74) is -0.482. The van der Waals surface area contributed by atoms with Crippen LogP contribution in [-0.2, 0) is 0 Å². The van der Waals surface area contributed by atoms with E-state index in [1.165, 1.54) is 24.5 Å². The van der Waals surface area contributed by atoms with Crippen LogP contribution in [0.2, 0.25) is 0 Å². The van der Waals surface area contributed by atoms with Gasteiger partial charge in [-0.25, -0.2) is 8.78 Å². The average Bonchev–Trinajstić information content (AvgIpc) is 2.34. The highest BCUT2D eigenvalue weighted by atomic mass is 79.9. The molecular formula is C12H5Br2F2NO. The van der Waals surface area contributed by atoms with Crippen LogP contribution in [0, 0.1) is 11.6 Å². The van der Waals surface area contributed by atoms with E-state index in [0.717, 1.165) is 6.07 Å². The summed E-state index contributed by atoms with van der Waals surface area (Å²) >= 11 is 6.06. The number of rotatable bonds is 2. The van der Waals surface area contributed by atoms with Crippen molar-refractivity contribution in [3.05, 3.63) is 62.3 Å². The van der Waals surface area contributed by atoms with Gasteiger partial charge in [0.1, 0.15) is 5.82 Å². The fraction of sp³-hybridized carbons (Fsp3) is 0. The lowest BCUT2D eigenvalue weighted by Gasteiger charge is -2.05. The maximum atomic E-state index is 13.8. The van der Waals surface area contributed by atoms with Crippen LogP contribution in [-0.4, -0.2) is 10.8 Å². The first-order valence-corrected chi connectivity index (χ1v) is 6.38. The Morgan fingerprint density at radius 3 is 2.56 bits per heavy atom. The number of hydrogen-bond acceptors (Lipinski definition) is 2. The minimum atomic E-state index is -0.917. The summed E-state index contributed by atoms with van der Waals surface area (Å²) in [5.74, 6) is -2.57. The highest BCUT2D eigenvalue weighted by Gasteiger charge is 2.21. The Hall–Kier alpha value is -1.14. The Labute approximate surface area is 118 Å². The molecule has 0 aliphatic heterocycles. The van der Waals surface area contributed by atoms with E-state index in [1.54, 1.807) is 0 Å². The van der Waals surface area contributed by atoms with Crippen LogP contribution in [0.1, 0.15) is 15.9 Å². The Morgan fingerprint density at radius 1 is 1.17 bits per heavy atom. The van der Waals surface area contributed by atoms with Crippen LogP contribution in [0.4, 0.5) is 8.78 Å². The molecule has 1 heterocycles. The fourth-order valence-corrected chi connectivity index (χ4v) is 2.11.